The monoisotopic (exact) mass is 407 g/mol. The van der Waals surface area contributed by atoms with Crippen LogP contribution in [-0.4, -0.2) is 36.1 Å². The van der Waals surface area contributed by atoms with Crippen LogP contribution >= 0.6 is 11.3 Å². The summed E-state index contributed by atoms with van der Waals surface area (Å²) in [6, 6.07) is 7.33. The summed E-state index contributed by atoms with van der Waals surface area (Å²) in [7, 11) is 1.76. The van der Waals surface area contributed by atoms with Gasteiger partial charge in [0.15, 0.2) is 5.82 Å². The van der Waals surface area contributed by atoms with Gasteiger partial charge in [-0.2, -0.15) is 18.2 Å². The molecule has 9 heteroatoms. The van der Waals surface area contributed by atoms with Crippen molar-refractivity contribution in [2.45, 2.75) is 25.1 Å². The van der Waals surface area contributed by atoms with Crippen molar-refractivity contribution in [1.29, 1.82) is 0 Å². The highest BCUT2D eigenvalue weighted by atomic mass is 32.1. The predicted octanol–water partition coefficient (Wildman–Crippen LogP) is 4.35. The molecule has 0 bridgehead atoms. The first-order valence-corrected chi connectivity index (χ1v) is 9.84. The highest BCUT2D eigenvalue weighted by molar-refractivity contribution is 7.22. The number of thiophene rings is 1. The van der Waals surface area contributed by atoms with Crippen LogP contribution in [0.5, 0.6) is 0 Å². The Morgan fingerprint density at radius 2 is 1.82 bits per heavy atom. The number of alkyl halides is 3. The number of nitrogens with zero attached hydrogens (tertiary/aromatic N) is 3. The van der Waals surface area contributed by atoms with Crippen LogP contribution in [0.1, 0.15) is 18.4 Å². The number of piperidine rings is 1. The molecular weight excluding hydrogens is 387 g/mol. The molecule has 5 nitrogen and oxygen atoms in total. The Labute approximate surface area is 164 Å². The summed E-state index contributed by atoms with van der Waals surface area (Å²) >= 11 is 1.50. The summed E-state index contributed by atoms with van der Waals surface area (Å²) in [5.74, 6) is 1.37. The Balaban J connectivity index is 1.74. The molecule has 1 saturated heterocycles. The number of hydrogen-bond acceptors (Lipinski definition) is 6. The Morgan fingerprint density at radius 3 is 2.43 bits per heavy atom. The van der Waals surface area contributed by atoms with Crippen molar-refractivity contribution in [2.24, 2.45) is 5.73 Å². The topological polar surface area (TPSA) is 67.1 Å². The first-order chi connectivity index (χ1) is 13.3. The second kappa shape index (κ2) is 7.21. The van der Waals surface area contributed by atoms with Crippen LogP contribution in [0.2, 0.25) is 0 Å². The fourth-order valence-corrected chi connectivity index (χ4v) is 4.44. The number of aromatic nitrogens is 2. The maximum absolute atomic E-state index is 12.8. The number of fused-ring (bicyclic) bond motifs is 1. The second-order valence-corrected chi connectivity index (χ2v) is 7.90. The van der Waals surface area contributed by atoms with Gasteiger partial charge in [0.05, 0.1) is 15.8 Å². The molecule has 1 aliphatic rings. The van der Waals surface area contributed by atoms with Gasteiger partial charge in [0.1, 0.15) is 0 Å². The van der Waals surface area contributed by atoms with Gasteiger partial charge in [0, 0.05) is 31.1 Å². The highest BCUT2D eigenvalue weighted by Gasteiger charge is 2.30. The summed E-state index contributed by atoms with van der Waals surface area (Å²) in [6.07, 6.45) is -2.54. The summed E-state index contributed by atoms with van der Waals surface area (Å²) < 4.78 is 39.4. The van der Waals surface area contributed by atoms with Gasteiger partial charge < -0.3 is 16.0 Å². The molecule has 0 aliphatic carbocycles. The molecule has 1 aromatic carbocycles. The van der Waals surface area contributed by atoms with E-state index in [-0.39, 0.29) is 6.04 Å². The van der Waals surface area contributed by atoms with E-state index in [4.69, 9.17) is 5.73 Å². The summed E-state index contributed by atoms with van der Waals surface area (Å²) in [5, 5.41) is 2.99. The lowest BCUT2D eigenvalue weighted by Gasteiger charge is -2.31. The highest BCUT2D eigenvalue weighted by Crippen LogP contribution is 2.39. The van der Waals surface area contributed by atoms with Gasteiger partial charge in [-0.3, -0.25) is 0 Å². The lowest BCUT2D eigenvalue weighted by atomic mass is 10.1. The molecule has 1 fully saturated rings. The van der Waals surface area contributed by atoms with Crippen LogP contribution in [0.4, 0.5) is 24.9 Å². The van der Waals surface area contributed by atoms with Gasteiger partial charge in [0.2, 0.25) is 5.95 Å². The van der Waals surface area contributed by atoms with E-state index in [1.807, 2.05) is 6.07 Å². The molecular formula is C19H20F3N5S. The van der Waals surface area contributed by atoms with Gasteiger partial charge in [-0.05, 0) is 36.6 Å². The van der Waals surface area contributed by atoms with E-state index >= 15 is 0 Å². The van der Waals surface area contributed by atoms with E-state index in [9.17, 15) is 13.2 Å². The van der Waals surface area contributed by atoms with Crippen molar-refractivity contribution < 1.29 is 13.2 Å². The smallest absolute Gasteiger partial charge is 0.357 e. The van der Waals surface area contributed by atoms with Crippen LogP contribution in [0.15, 0.2) is 30.3 Å². The van der Waals surface area contributed by atoms with Crippen molar-refractivity contribution in [1.82, 2.24) is 9.97 Å². The molecule has 3 N–H and O–H groups in total. The van der Waals surface area contributed by atoms with Crippen molar-refractivity contribution in [3.05, 3.63) is 35.9 Å². The Morgan fingerprint density at radius 1 is 1.14 bits per heavy atom. The minimum Gasteiger partial charge on any atom is -0.357 e. The molecule has 28 heavy (non-hydrogen) atoms. The molecule has 4 rings (SSSR count). The normalized spacial score (nSPS) is 16.0. The van der Waals surface area contributed by atoms with Crippen LogP contribution in [-0.2, 0) is 6.18 Å². The van der Waals surface area contributed by atoms with Gasteiger partial charge in [-0.25, -0.2) is 4.98 Å². The Kier molecular flexibility index (Phi) is 4.88. The predicted molar refractivity (Wildman–Crippen MR) is 107 cm³/mol. The molecule has 0 saturated carbocycles. The maximum atomic E-state index is 12.8. The SMILES string of the molecule is CNc1nc(N2CCC(N)CC2)c2sc(-c3ccc(C(F)(F)F)cc3)cc2n1. The van der Waals surface area contributed by atoms with Crippen LogP contribution in [0.3, 0.4) is 0 Å². The summed E-state index contributed by atoms with van der Waals surface area (Å²) in [5.41, 5.74) is 6.88. The molecule has 3 aromatic rings. The van der Waals surface area contributed by atoms with Crippen LogP contribution in [0.25, 0.3) is 20.7 Å². The third-order valence-electron chi connectivity index (χ3n) is 4.91. The number of benzene rings is 1. The first-order valence-electron chi connectivity index (χ1n) is 9.02. The Hall–Kier alpha value is -2.39. The minimum atomic E-state index is -4.34. The minimum absolute atomic E-state index is 0.211. The molecule has 3 heterocycles. The number of halogens is 3. The van der Waals surface area contributed by atoms with E-state index in [0.29, 0.717) is 5.95 Å². The zero-order chi connectivity index (χ0) is 19.9. The Bertz CT molecular complexity index is 976. The molecule has 0 amide bonds. The molecule has 1 aliphatic heterocycles. The number of nitrogens with two attached hydrogens (primary N) is 1. The van der Waals surface area contributed by atoms with Gasteiger partial charge in [-0.15, -0.1) is 11.3 Å². The number of hydrogen-bond donors (Lipinski definition) is 2. The van der Waals surface area contributed by atoms with Crippen molar-refractivity contribution >= 4 is 33.3 Å². The number of rotatable bonds is 3. The first kappa shape index (κ1) is 18.9. The maximum Gasteiger partial charge on any atom is 0.416 e. The lowest BCUT2D eigenvalue weighted by Crippen LogP contribution is -2.40. The van der Waals surface area contributed by atoms with E-state index < -0.39 is 11.7 Å². The van der Waals surface area contributed by atoms with Crippen LogP contribution in [0, 0.1) is 0 Å². The third-order valence-corrected chi connectivity index (χ3v) is 6.08. The second-order valence-electron chi connectivity index (χ2n) is 6.85. The molecule has 2 aromatic heterocycles. The average Bonchev–Trinajstić information content (AvgIpc) is 3.11. The molecule has 148 valence electrons. The van der Waals surface area contributed by atoms with E-state index in [1.54, 1.807) is 7.05 Å². The molecule has 0 atom stereocenters. The van der Waals surface area contributed by atoms with E-state index in [2.05, 4.69) is 20.2 Å². The van der Waals surface area contributed by atoms with Crippen LogP contribution < -0.4 is 16.0 Å². The van der Waals surface area contributed by atoms with Gasteiger partial charge in [-0.1, -0.05) is 12.1 Å². The summed E-state index contributed by atoms with van der Waals surface area (Å²) in [4.78, 5) is 12.2. The van der Waals surface area contributed by atoms with Crippen molar-refractivity contribution in [3.63, 3.8) is 0 Å². The average molecular weight is 407 g/mol. The van der Waals surface area contributed by atoms with Gasteiger partial charge >= 0.3 is 6.18 Å². The number of nitrogens with one attached hydrogen (secondary N) is 1. The summed E-state index contributed by atoms with van der Waals surface area (Å²) in [6.45, 7) is 1.65. The van der Waals surface area contributed by atoms with Gasteiger partial charge in [0.25, 0.3) is 0 Å². The fourth-order valence-electron chi connectivity index (χ4n) is 3.32. The standard InChI is InChI=1S/C19H20F3N5S/c1-24-18-25-14-10-15(11-2-4-12(5-3-11)19(20,21)22)28-16(14)17(26-18)27-8-6-13(23)7-9-27/h2-5,10,13H,6-9,23H2,1H3,(H,24,25,26). The fraction of sp³-hybridized carbons (Fsp3) is 0.368. The quantitative estimate of drug-likeness (QED) is 0.676. The van der Waals surface area contributed by atoms with Crippen molar-refractivity contribution in [3.8, 4) is 10.4 Å². The molecule has 0 spiro atoms. The molecule has 0 radical (unpaired) electrons. The van der Waals surface area contributed by atoms with E-state index in [0.717, 1.165) is 64.5 Å². The lowest BCUT2D eigenvalue weighted by molar-refractivity contribution is -0.137. The zero-order valence-electron chi connectivity index (χ0n) is 15.3. The largest absolute Gasteiger partial charge is 0.416 e. The number of anilines is 2. The van der Waals surface area contributed by atoms with E-state index in [1.165, 1.54) is 23.5 Å². The molecule has 0 unspecified atom stereocenters. The van der Waals surface area contributed by atoms with Crippen molar-refractivity contribution in [2.75, 3.05) is 30.4 Å². The third kappa shape index (κ3) is 3.64. The zero-order valence-corrected chi connectivity index (χ0v) is 16.1.